The molecule has 0 bridgehead atoms. The summed E-state index contributed by atoms with van der Waals surface area (Å²) in [6.07, 6.45) is 1.93. The minimum Gasteiger partial charge on any atom is -0.398 e. The summed E-state index contributed by atoms with van der Waals surface area (Å²) in [5.74, 6) is 0.706. The van der Waals surface area contributed by atoms with Crippen molar-refractivity contribution in [1.82, 2.24) is 4.72 Å². The predicted molar refractivity (Wildman–Crippen MR) is 69.9 cm³/mol. The van der Waals surface area contributed by atoms with Crippen molar-refractivity contribution < 1.29 is 8.42 Å². The molecule has 0 amide bonds. The van der Waals surface area contributed by atoms with Crippen LogP contribution in [0.5, 0.6) is 0 Å². The van der Waals surface area contributed by atoms with Gasteiger partial charge in [-0.1, -0.05) is 18.2 Å². The summed E-state index contributed by atoms with van der Waals surface area (Å²) < 4.78 is 25.8. The second-order valence-corrected chi connectivity index (χ2v) is 6.14. The maximum Gasteiger partial charge on any atom is 0.215 e. The molecule has 1 aromatic rings. The van der Waals surface area contributed by atoms with Gasteiger partial charge in [0.1, 0.15) is 0 Å². The number of nitrogens with one attached hydrogen (secondary N) is 1. The van der Waals surface area contributed by atoms with Gasteiger partial charge >= 0.3 is 0 Å². The number of hydrogen-bond donors (Lipinski definition) is 2. The molecule has 0 aromatic heterocycles. The number of benzene rings is 1. The molecule has 0 aliphatic rings. The summed E-state index contributed by atoms with van der Waals surface area (Å²) in [5.41, 5.74) is 6.84. The zero-order valence-corrected chi connectivity index (χ0v) is 10.8. The molecule has 0 radical (unpaired) electrons. The maximum absolute atomic E-state index is 11.7. The molecular weight excluding hydrogens is 244 g/mol. The van der Waals surface area contributed by atoms with Crippen LogP contribution in [-0.2, 0) is 15.8 Å². The van der Waals surface area contributed by atoms with Gasteiger partial charge in [-0.3, -0.25) is 0 Å². The Balaban J connectivity index is 2.63. The molecule has 4 nitrogen and oxygen atoms in total. The van der Waals surface area contributed by atoms with E-state index in [0.29, 0.717) is 17.8 Å². The van der Waals surface area contributed by atoms with Crippen molar-refractivity contribution in [3.8, 4) is 0 Å². The molecule has 1 rings (SSSR count). The second-order valence-electron chi connectivity index (χ2n) is 3.35. The fourth-order valence-electron chi connectivity index (χ4n) is 1.22. The molecule has 0 unspecified atom stereocenters. The average Bonchev–Trinajstić information content (AvgIpc) is 2.21. The molecule has 0 spiro atoms. The largest absolute Gasteiger partial charge is 0.398 e. The molecular formula is C10H16N2O2S2. The average molecular weight is 260 g/mol. The van der Waals surface area contributed by atoms with E-state index in [-0.39, 0.29) is 5.75 Å². The van der Waals surface area contributed by atoms with Crippen molar-refractivity contribution in [2.75, 3.05) is 24.3 Å². The summed E-state index contributed by atoms with van der Waals surface area (Å²) >= 11 is 1.60. The molecule has 16 heavy (non-hydrogen) atoms. The van der Waals surface area contributed by atoms with Crippen molar-refractivity contribution in [1.29, 1.82) is 0 Å². The third-order valence-corrected chi connectivity index (χ3v) is 3.98. The summed E-state index contributed by atoms with van der Waals surface area (Å²) in [5, 5.41) is 0. The Morgan fingerprint density at radius 3 is 2.69 bits per heavy atom. The van der Waals surface area contributed by atoms with Crippen LogP contribution < -0.4 is 10.5 Å². The Kier molecular flexibility index (Phi) is 5.11. The predicted octanol–water partition coefficient (Wildman–Crippen LogP) is 1.05. The van der Waals surface area contributed by atoms with E-state index in [1.807, 2.05) is 6.26 Å². The molecule has 0 fully saturated rings. The van der Waals surface area contributed by atoms with Crippen LogP contribution in [0, 0.1) is 0 Å². The molecule has 90 valence electrons. The number of hydrogen-bond acceptors (Lipinski definition) is 4. The number of para-hydroxylation sites is 1. The van der Waals surface area contributed by atoms with Crippen molar-refractivity contribution in [3.63, 3.8) is 0 Å². The first-order valence-corrected chi connectivity index (χ1v) is 7.89. The van der Waals surface area contributed by atoms with Gasteiger partial charge in [0.25, 0.3) is 0 Å². The molecule has 3 N–H and O–H groups in total. The first-order valence-electron chi connectivity index (χ1n) is 4.85. The zero-order chi connectivity index (χ0) is 12.0. The van der Waals surface area contributed by atoms with Crippen molar-refractivity contribution in [3.05, 3.63) is 29.8 Å². The highest BCUT2D eigenvalue weighted by Crippen LogP contribution is 2.13. The lowest BCUT2D eigenvalue weighted by Crippen LogP contribution is -2.27. The van der Waals surface area contributed by atoms with E-state index >= 15 is 0 Å². The summed E-state index contributed by atoms with van der Waals surface area (Å²) in [6, 6.07) is 6.99. The Morgan fingerprint density at radius 2 is 2.06 bits per heavy atom. The van der Waals surface area contributed by atoms with Gasteiger partial charge < -0.3 is 5.73 Å². The third kappa shape index (κ3) is 4.42. The number of nitrogens with two attached hydrogens (primary N) is 1. The highest BCUT2D eigenvalue weighted by atomic mass is 32.2. The van der Waals surface area contributed by atoms with Gasteiger partial charge in [-0.25, -0.2) is 13.1 Å². The van der Waals surface area contributed by atoms with Crippen molar-refractivity contribution in [2.24, 2.45) is 0 Å². The van der Waals surface area contributed by atoms with Crippen LogP contribution in [0.2, 0.25) is 0 Å². The highest BCUT2D eigenvalue weighted by molar-refractivity contribution is 7.98. The smallest absolute Gasteiger partial charge is 0.215 e. The molecule has 0 saturated heterocycles. The van der Waals surface area contributed by atoms with Crippen LogP contribution in [0.3, 0.4) is 0 Å². The topological polar surface area (TPSA) is 72.2 Å². The lowest BCUT2D eigenvalue weighted by molar-refractivity contribution is 0.583. The molecule has 6 heteroatoms. The Hall–Kier alpha value is -0.720. The molecule has 0 saturated carbocycles. The SMILES string of the molecule is CSCCNS(=O)(=O)Cc1ccccc1N. The molecule has 1 aromatic carbocycles. The molecule has 0 atom stereocenters. The number of thioether (sulfide) groups is 1. The van der Waals surface area contributed by atoms with Crippen LogP contribution in [0.15, 0.2) is 24.3 Å². The van der Waals surface area contributed by atoms with E-state index in [2.05, 4.69) is 4.72 Å². The van der Waals surface area contributed by atoms with Crippen molar-refractivity contribution >= 4 is 27.5 Å². The summed E-state index contributed by atoms with van der Waals surface area (Å²) in [6.45, 7) is 0.455. The van der Waals surface area contributed by atoms with Gasteiger partial charge in [-0.15, -0.1) is 0 Å². The number of nitrogen functional groups attached to an aromatic ring is 1. The third-order valence-electron chi connectivity index (χ3n) is 2.03. The lowest BCUT2D eigenvalue weighted by Gasteiger charge is -2.07. The number of sulfonamides is 1. The Bertz CT molecular complexity index is 432. The highest BCUT2D eigenvalue weighted by Gasteiger charge is 2.12. The minimum absolute atomic E-state index is 0.0615. The van der Waals surface area contributed by atoms with Gasteiger partial charge in [-0.05, 0) is 17.9 Å². The first-order chi connectivity index (χ1) is 7.55. The lowest BCUT2D eigenvalue weighted by atomic mass is 10.2. The standard InChI is InChI=1S/C10H16N2O2S2/c1-15-7-6-12-16(13,14)8-9-4-2-3-5-10(9)11/h2-5,12H,6-8,11H2,1H3. The fraction of sp³-hybridized carbons (Fsp3) is 0.400. The fourth-order valence-corrected chi connectivity index (χ4v) is 2.84. The minimum atomic E-state index is -3.27. The Morgan fingerprint density at radius 1 is 1.38 bits per heavy atom. The number of rotatable bonds is 6. The zero-order valence-electron chi connectivity index (χ0n) is 9.14. The van der Waals surface area contributed by atoms with E-state index in [4.69, 9.17) is 5.73 Å². The van der Waals surface area contributed by atoms with Gasteiger partial charge in [0.15, 0.2) is 0 Å². The Labute approximate surface area is 101 Å². The molecule has 0 aliphatic carbocycles. The van der Waals surface area contributed by atoms with Gasteiger partial charge in [0.2, 0.25) is 10.0 Å². The normalized spacial score (nSPS) is 11.6. The van der Waals surface area contributed by atoms with E-state index < -0.39 is 10.0 Å². The van der Waals surface area contributed by atoms with E-state index in [1.165, 1.54) is 0 Å². The van der Waals surface area contributed by atoms with Crippen LogP contribution in [-0.4, -0.2) is 27.0 Å². The van der Waals surface area contributed by atoms with E-state index in [1.54, 1.807) is 36.0 Å². The summed E-state index contributed by atoms with van der Waals surface area (Å²) in [7, 11) is -3.27. The van der Waals surface area contributed by atoms with Crippen LogP contribution in [0.25, 0.3) is 0 Å². The van der Waals surface area contributed by atoms with Gasteiger partial charge in [-0.2, -0.15) is 11.8 Å². The summed E-state index contributed by atoms with van der Waals surface area (Å²) in [4.78, 5) is 0. The van der Waals surface area contributed by atoms with Crippen molar-refractivity contribution in [2.45, 2.75) is 5.75 Å². The van der Waals surface area contributed by atoms with E-state index in [0.717, 1.165) is 5.75 Å². The maximum atomic E-state index is 11.7. The second kappa shape index (κ2) is 6.12. The molecule has 0 aliphatic heterocycles. The van der Waals surface area contributed by atoms with E-state index in [9.17, 15) is 8.42 Å². The van der Waals surface area contributed by atoms with Crippen LogP contribution in [0.1, 0.15) is 5.56 Å². The monoisotopic (exact) mass is 260 g/mol. The van der Waals surface area contributed by atoms with Crippen LogP contribution >= 0.6 is 11.8 Å². The number of anilines is 1. The van der Waals surface area contributed by atoms with Crippen LogP contribution in [0.4, 0.5) is 5.69 Å². The van der Waals surface area contributed by atoms with Gasteiger partial charge in [0.05, 0.1) is 5.75 Å². The molecule has 0 heterocycles. The quantitative estimate of drug-likeness (QED) is 0.592. The first kappa shape index (κ1) is 13.3. The van der Waals surface area contributed by atoms with Gasteiger partial charge in [0, 0.05) is 18.0 Å².